The fourth-order valence-corrected chi connectivity index (χ4v) is 2.96. The predicted octanol–water partition coefficient (Wildman–Crippen LogP) is 2.78. The third-order valence-electron chi connectivity index (χ3n) is 4.27. The highest BCUT2D eigenvalue weighted by molar-refractivity contribution is 5.15. The Morgan fingerprint density at radius 3 is 2.43 bits per heavy atom. The molecule has 1 saturated heterocycles. The number of hydrogen-bond acceptors (Lipinski definition) is 4. The molecule has 1 heterocycles. The van der Waals surface area contributed by atoms with E-state index in [1.54, 1.807) is 0 Å². The Balaban J connectivity index is 1.81. The molecule has 0 amide bonds. The maximum absolute atomic E-state index is 13.0. The molecule has 1 aliphatic rings. The van der Waals surface area contributed by atoms with Crippen molar-refractivity contribution in [1.82, 2.24) is 9.80 Å². The number of hydrogen-bond donors (Lipinski definition) is 0. The molecule has 0 saturated carbocycles. The molecule has 1 aliphatic heterocycles. The highest BCUT2D eigenvalue weighted by Gasteiger charge is 2.18. The minimum absolute atomic E-state index is 0.0571. The van der Waals surface area contributed by atoms with Gasteiger partial charge in [0.1, 0.15) is 5.82 Å². The van der Waals surface area contributed by atoms with Crippen LogP contribution in [0.5, 0.6) is 0 Å². The highest BCUT2D eigenvalue weighted by atomic mass is 19.1. The second-order valence-corrected chi connectivity index (χ2v) is 6.08. The Morgan fingerprint density at radius 2 is 1.74 bits per heavy atom. The molecule has 0 aromatic heterocycles. The predicted molar refractivity (Wildman–Crippen MR) is 86.7 cm³/mol. The summed E-state index contributed by atoms with van der Waals surface area (Å²) in [5.74, 6) is -0.256. The van der Waals surface area contributed by atoms with Crippen molar-refractivity contribution in [3.63, 3.8) is 0 Å². The standard InChI is InChI=1S/C18H23FN4/c19-18-6-4-16(5-7-18)14-22-9-2-10-23(12-11-22)15-17(13-21)3-1-8-20/h4-7,17H,1-3,9-12,14-15H2. The van der Waals surface area contributed by atoms with Gasteiger partial charge in [0.2, 0.25) is 0 Å². The van der Waals surface area contributed by atoms with Gasteiger partial charge in [0, 0.05) is 32.6 Å². The Hall–Kier alpha value is -1.95. The fraction of sp³-hybridized carbons (Fsp3) is 0.556. The molecule has 0 radical (unpaired) electrons. The lowest BCUT2D eigenvalue weighted by molar-refractivity contribution is 0.236. The first-order valence-electron chi connectivity index (χ1n) is 8.17. The van der Waals surface area contributed by atoms with Crippen LogP contribution in [0.25, 0.3) is 0 Å². The van der Waals surface area contributed by atoms with Gasteiger partial charge >= 0.3 is 0 Å². The van der Waals surface area contributed by atoms with Crippen LogP contribution in [0.1, 0.15) is 24.8 Å². The first-order valence-corrected chi connectivity index (χ1v) is 8.17. The third-order valence-corrected chi connectivity index (χ3v) is 4.27. The molecule has 1 aromatic carbocycles. The molecule has 1 aromatic rings. The molecule has 2 rings (SSSR count). The topological polar surface area (TPSA) is 54.1 Å². The van der Waals surface area contributed by atoms with E-state index in [1.165, 1.54) is 12.1 Å². The average Bonchev–Trinajstić information content (AvgIpc) is 2.79. The summed E-state index contributed by atoms with van der Waals surface area (Å²) in [5.41, 5.74) is 1.13. The average molecular weight is 314 g/mol. The van der Waals surface area contributed by atoms with E-state index in [1.807, 2.05) is 12.1 Å². The summed E-state index contributed by atoms with van der Waals surface area (Å²) >= 11 is 0. The largest absolute Gasteiger partial charge is 0.301 e. The maximum Gasteiger partial charge on any atom is 0.123 e. The maximum atomic E-state index is 13.0. The Morgan fingerprint density at radius 1 is 1.04 bits per heavy atom. The van der Waals surface area contributed by atoms with Gasteiger partial charge in [-0.3, -0.25) is 4.90 Å². The van der Waals surface area contributed by atoms with Crippen molar-refractivity contribution in [3.05, 3.63) is 35.6 Å². The number of nitrogens with zero attached hydrogens (tertiary/aromatic N) is 4. The van der Waals surface area contributed by atoms with Crippen LogP contribution >= 0.6 is 0 Å². The van der Waals surface area contributed by atoms with Crippen molar-refractivity contribution in [2.75, 3.05) is 32.7 Å². The van der Waals surface area contributed by atoms with Crippen molar-refractivity contribution < 1.29 is 4.39 Å². The normalized spacial score (nSPS) is 17.9. The van der Waals surface area contributed by atoms with Gasteiger partial charge < -0.3 is 4.90 Å². The molecular formula is C18H23FN4. The third kappa shape index (κ3) is 5.98. The van der Waals surface area contributed by atoms with Crippen molar-refractivity contribution in [2.45, 2.75) is 25.8 Å². The van der Waals surface area contributed by atoms with Gasteiger partial charge in [0.15, 0.2) is 0 Å². The quantitative estimate of drug-likeness (QED) is 0.810. The van der Waals surface area contributed by atoms with E-state index >= 15 is 0 Å². The van der Waals surface area contributed by atoms with Gasteiger partial charge in [-0.25, -0.2) is 4.39 Å². The van der Waals surface area contributed by atoms with Crippen LogP contribution in [-0.4, -0.2) is 42.5 Å². The van der Waals surface area contributed by atoms with Gasteiger partial charge in [-0.05, 0) is 43.6 Å². The van der Waals surface area contributed by atoms with Gasteiger partial charge in [-0.2, -0.15) is 10.5 Å². The molecule has 4 nitrogen and oxygen atoms in total. The number of benzene rings is 1. The van der Waals surface area contributed by atoms with Crippen LogP contribution in [0.3, 0.4) is 0 Å². The zero-order chi connectivity index (χ0) is 16.5. The van der Waals surface area contributed by atoms with Crippen molar-refractivity contribution in [1.29, 1.82) is 10.5 Å². The molecule has 0 bridgehead atoms. The summed E-state index contributed by atoms with van der Waals surface area (Å²) in [6.45, 7) is 5.49. The summed E-state index contributed by atoms with van der Waals surface area (Å²) < 4.78 is 13.0. The van der Waals surface area contributed by atoms with Crippen molar-refractivity contribution >= 4 is 0 Å². The van der Waals surface area contributed by atoms with Crippen LogP contribution < -0.4 is 0 Å². The smallest absolute Gasteiger partial charge is 0.123 e. The Labute approximate surface area is 137 Å². The molecule has 5 heteroatoms. The van der Waals surface area contributed by atoms with E-state index in [-0.39, 0.29) is 11.7 Å². The van der Waals surface area contributed by atoms with Crippen LogP contribution in [-0.2, 0) is 6.54 Å². The van der Waals surface area contributed by atoms with E-state index in [9.17, 15) is 9.65 Å². The summed E-state index contributed by atoms with van der Waals surface area (Å²) in [7, 11) is 0. The van der Waals surface area contributed by atoms with Gasteiger partial charge in [-0.15, -0.1) is 0 Å². The van der Waals surface area contributed by atoms with E-state index < -0.39 is 0 Å². The molecule has 122 valence electrons. The monoisotopic (exact) mass is 314 g/mol. The van der Waals surface area contributed by atoms with E-state index in [2.05, 4.69) is 21.9 Å². The Bertz CT molecular complexity index is 558. The summed E-state index contributed by atoms with van der Waals surface area (Å²) in [6.07, 6.45) is 2.17. The zero-order valence-electron chi connectivity index (χ0n) is 13.4. The Kier molecular flexibility index (Phi) is 7.00. The van der Waals surface area contributed by atoms with Gasteiger partial charge in [0.25, 0.3) is 0 Å². The second kappa shape index (κ2) is 9.25. The van der Waals surface area contributed by atoms with Crippen LogP contribution in [0.2, 0.25) is 0 Å². The fourth-order valence-electron chi connectivity index (χ4n) is 2.96. The molecule has 0 N–H and O–H groups in total. The molecule has 23 heavy (non-hydrogen) atoms. The first-order chi connectivity index (χ1) is 11.2. The molecule has 1 unspecified atom stereocenters. The van der Waals surface area contributed by atoms with Crippen LogP contribution in [0, 0.1) is 34.4 Å². The van der Waals surface area contributed by atoms with E-state index in [4.69, 9.17) is 5.26 Å². The van der Waals surface area contributed by atoms with Crippen molar-refractivity contribution in [2.24, 2.45) is 5.92 Å². The second-order valence-electron chi connectivity index (χ2n) is 6.08. The van der Waals surface area contributed by atoms with Gasteiger partial charge in [0.05, 0.1) is 18.1 Å². The molecule has 0 spiro atoms. The molecule has 1 fully saturated rings. The molecule has 0 aliphatic carbocycles. The number of halogens is 1. The number of rotatable bonds is 6. The van der Waals surface area contributed by atoms with Crippen molar-refractivity contribution in [3.8, 4) is 12.1 Å². The number of nitriles is 2. The molecule has 1 atom stereocenters. The summed E-state index contributed by atoms with van der Waals surface area (Å²) in [4.78, 5) is 4.71. The first kappa shape index (κ1) is 17.4. The summed E-state index contributed by atoms with van der Waals surface area (Å²) in [6, 6.07) is 11.1. The van der Waals surface area contributed by atoms with Crippen LogP contribution in [0.15, 0.2) is 24.3 Å². The van der Waals surface area contributed by atoms with E-state index in [0.717, 1.165) is 51.3 Å². The van der Waals surface area contributed by atoms with Gasteiger partial charge in [-0.1, -0.05) is 12.1 Å². The molecular weight excluding hydrogens is 291 g/mol. The van der Waals surface area contributed by atoms with E-state index in [0.29, 0.717) is 12.8 Å². The minimum Gasteiger partial charge on any atom is -0.301 e. The zero-order valence-corrected chi connectivity index (χ0v) is 13.4. The highest BCUT2D eigenvalue weighted by Crippen LogP contribution is 2.13. The van der Waals surface area contributed by atoms with Crippen LogP contribution in [0.4, 0.5) is 4.39 Å². The summed E-state index contributed by atoms with van der Waals surface area (Å²) in [5, 5.41) is 17.8. The SMILES string of the molecule is N#CCCC(C#N)CN1CCCN(Cc2ccc(F)cc2)CC1. The lowest BCUT2D eigenvalue weighted by atomic mass is 10.0. The lowest BCUT2D eigenvalue weighted by Crippen LogP contribution is -2.33. The minimum atomic E-state index is -0.198. The lowest BCUT2D eigenvalue weighted by Gasteiger charge is -2.23.